The van der Waals surface area contributed by atoms with Crippen molar-refractivity contribution in [1.82, 2.24) is 0 Å². The molecule has 15 heavy (non-hydrogen) atoms. The molecule has 1 aromatic carbocycles. The van der Waals surface area contributed by atoms with E-state index in [1.54, 1.807) is 0 Å². The molecule has 0 bridgehead atoms. The monoisotopic (exact) mass is 200 g/mol. The normalized spacial score (nSPS) is 29.5. The van der Waals surface area contributed by atoms with Crippen LogP contribution in [-0.4, -0.2) is 5.78 Å². The van der Waals surface area contributed by atoms with Gasteiger partial charge in [0.25, 0.3) is 0 Å². The highest BCUT2D eigenvalue weighted by Gasteiger charge is 2.45. The highest BCUT2D eigenvalue weighted by atomic mass is 16.1. The van der Waals surface area contributed by atoms with Crippen LogP contribution in [0.25, 0.3) is 0 Å². The fourth-order valence-corrected chi connectivity index (χ4v) is 3.40. The molecule has 1 fully saturated rings. The average Bonchev–Trinajstić information content (AvgIpc) is 2.62. The molecule has 0 aliphatic heterocycles. The first-order valence-electron chi connectivity index (χ1n) is 5.95. The van der Waals surface area contributed by atoms with Crippen LogP contribution in [0.1, 0.15) is 43.2 Å². The standard InChI is InChI=1S/C14H16O/c15-13-8-4-10-14(13)9-3-6-11-5-1-2-7-12(11)14/h1-2,5,7H,3-4,6,8-10H2/t14-/m0/s1. The summed E-state index contributed by atoms with van der Waals surface area (Å²) in [6, 6.07) is 8.55. The fraction of sp³-hybridized carbons (Fsp3) is 0.500. The Hall–Kier alpha value is -1.11. The summed E-state index contributed by atoms with van der Waals surface area (Å²) < 4.78 is 0. The third-order valence-corrected chi connectivity index (χ3v) is 4.12. The molecule has 0 saturated heterocycles. The lowest BCUT2D eigenvalue weighted by atomic mass is 9.68. The number of hydrogen-bond acceptors (Lipinski definition) is 1. The summed E-state index contributed by atoms with van der Waals surface area (Å²) in [5.41, 5.74) is 2.69. The Bertz CT molecular complexity index is 408. The van der Waals surface area contributed by atoms with Crippen LogP contribution in [0.5, 0.6) is 0 Å². The van der Waals surface area contributed by atoms with E-state index in [4.69, 9.17) is 0 Å². The minimum Gasteiger partial charge on any atom is -0.299 e. The van der Waals surface area contributed by atoms with Crippen LogP contribution in [0.15, 0.2) is 24.3 Å². The van der Waals surface area contributed by atoms with Crippen molar-refractivity contribution in [3.63, 3.8) is 0 Å². The predicted molar refractivity (Wildman–Crippen MR) is 59.9 cm³/mol. The second-order valence-electron chi connectivity index (χ2n) is 4.87. The van der Waals surface area contributed by atoms with E-state index in [0.717, 1.165) is 32.1 Å². The Morgan fingerprint density at radius 1 is 1.00 bits per heavy atom. The van der Waals surface area contributed by atoms with Crippen LogP contribution >= 0.6 is 0 Å². The molecule has 1 spiro atoms. The first-order chi connectivity index (χ1) is 7.33. The van der Waals surface area contributed by atoms with Gasteiger partial charge >= 0.3 is 0 Å². The predicted octanol–water partition coefficient (Wildman–Crippen LogP) is 3.01. The van der Waals surface area contributed by atoms with E-state index in [-0.39, 0.29) is 5.41 Å². The van der Waals surface area contributed by atoms with Gasteiger partial charge in [0.1, 0.15) is 5.78 Å². The van der Waals surface area contributed by atoms with Gasteiger partial charge in [-0.25, -0.2) is 0 Å². The molecule has 1 heteroatoms. The van der Waals surface area contributed by atoms with Gasteiger partial charge in [-0.1, -0.05) is 24.3 Å². The van der Waals surface area contributed by atoms with Crippen molar-refractivity contribution in [2.75, 3.05) is 0 Å². The van der Waals surface area contributed by atoms with Crippen LogP contribution in [0.2, 0.25) is 0 Å². The quantitative estimate of drug-likeness (QED) is 0.629. The maximum Gasteiger partial charge on any atom is 0.143 e. The number of hydrogen-bond donors (Lipinski definition) is 0. The van der Waals surface area contributed by atoms with Crippen LogP contribution in [0, 0.1) is 0 Å². The van der Waals surface area contributed by atoms with Crippen LogP contribution < -0.4 is 0 Å². The topological polar surface area (TPSA) is 17.1 Å². The summed E-state index contributed by atoms with van der Waals surface area (Å²) in [5.74, 6) is 0.495. The molecular formula is C14H16O. The van der Waals surface area contributed by atoms with Gasteiger partial charge in [0.2, 0.25) is 0 Å². The number of carbonyl (C=O) groups excluding carboxylic acids is 1. The average molecular weight is 200 g/mol. The second-order valence-corrected chi connectivity index (χ2v) is 4.87. The summed E-state index contributed by atoms with van der Waals surface area (Å²) >= 11 is 0. The Balaban J connectivity index is 2.16. The number of fused-ring (bicyclic) bond motifs is 2. The molecule has 0 radical (unpaired) electrons. The highest BCUT2D eigenvalue weighted by molar-refractivity contribution is 5.92. The summed E-state index contributed by atoms with van der Waals surface area (Å²) in [7, 11) is 0. The third-order valence-electron chi connectivity index (χ3n) is 4.12. The van der Waals surface area contributed by atoms with Crippen molar-refractivity contribution < 1.29 is 4.79 Å². The highest BCUT2D eigenvalue weighted by Crippen LogP contribution is 2.46. The second kappa shape index (κ2) is 3.19. The van der Waals surface area contributed by atoms with Gasteiger partial charge < -0.3 is 0 Å². The number of aryl methyl sites for hydroxylation is 1. The van der Waals surface area contributed by atoms with Crippen molar-refractivity contribution in [3.8, 4) is 0 Å². The van der Waals surface area contributed by atoms with E-state index in [0.29, 0.717) is 5.78 Å². The smallest absolute Gasteiger partial charge is 0.143 e. The van der Waals surface area contributed by atoms with Gasteiger partial charge in [0.05, 0.1) is 5.41 Å². The number of ketones is 1. The Kier molecular flexibility index (Phi) is 1.95. The zero-order chi connectivity index (χ0) is 10.3. The van der Waals surface area contributed by atoms with Gasteiger partial charge in [0.15, 0.2) is 0 Å². The molecule has 3 rings (SSSR count). The van der Waals surface area contributed by atoms with Gasteiger partial charge in [0, 0.05) is 6.42 Å². The Morgan fingerprint density at radius 2 is 1.73 bits per heavy atom. The summed E-state index contributed by atoms with van der Waals surface area (Å²) in [6.45, 7) is 0. The van der Waals surface area contributed by atoms with E-state index in [1.165, 1.54) is 17.5 Å². The SMILES string of the molecule is O=C1CCC[C@]12CCCc1ccccc12. The number of rotatable bonds is 0. The molecule has 2 aliphatic rings. The number of Topliss-reactive ketones (excluding diaryl/α,β-unsaturated/α-hetero) is 1. The van der Waals surface area contributed by atoms with E-state index in [2.05, 4.69) is 24.3 Å². The van der Waals surface area contributed by atoms with Gasteiger partial charge in [-0.15, -0.1) is 0 Å². The Labute approximate surface area is 90.5 Å². The lowest BCUT2D eigenvalue weighted by Gasteiger charge is -2.34. The molecule has 0 aromatic heterocycles. The van der Waals surface area contributed by atoms with Crippen molar-refractivity contribution in [1.29, 1.82) is 0 Å². The zero-order valence-electron chi connectivity index (χ0n) is 8.96. The summed E-state index contributed by atoms with van der Waals surface area (Å²) in [6.07, 6.45) is 6.40. The molecule has 2 aliphatic carbocycles. The fourth-order valence-electron chi connectivity index (χ4n) is 3.40. The molecule has 1 aromatic rings. The third kappa shape index (κ3) is 1.19. The molecule has 1 atom stereocenters. The van der Waals surface area contributed by atoms with Gasteiger partial charge in [-0.3, -0.25) is 4.79 Å². The summed E-state index contributed by atoms with van der Waals surface area (Å²) in [4.78, 5) is 12.1. The molecule has 0 N–H and O–H groups in total. The van der Waals surface area contributed by atoms with Crippen molar-refractivity contribution in [2.24, 2.45) is 0 Å². The van der Waals surface area contributed by atoms with Crippen LogP contribution in [0.4, 0.5) is 0 Å². The van der Waals surface area contributed by atoms with E-state index in [1.807, 2.05) is 0 Å². The van der Waals surface area contributed by atoms with E-state index < -0.39 is 0 Å². The molecule has 1 nitrogen and oxygen atoms in total. The summed E-state index contributed by atoms with van der Waals surface area (Å²) in [5, 5.41) is 0. The molecule has 0 unspecified atom stereocenters. The first kappa shape index (κ1) is 9.14. The minimum atomic E-state index is -0.0746. The lowest BCUT2D eigenvalue weighted by molar-refractivity contribution is -0.122. The molecular weight excluding hydrogens is 184 g/mol. The van der Waals surface area contributed by atoms with Crippen molar-refractivity contribution in [2.45, 2.75) is 43.9 Å². The molecule has 78 valence electrons. The van der Waals surface area contributed by atoms with Crippen LogP contribution in [0.3, 0.4) is 0 Å². The van der Waals surface area contributed by atoms with Gasteiger partial charge in [-0.05, 0) is 43.2 Å². The van der Waals surface area contributed by atoms with Crippen molar-refractivity contribution in [3.05, 3.63) is 35.4 Å². The van der Waals surface area contributed by atoms with Crippen molar-refractivity contribution >= 4 is 5.78 Å². The largest absolute Gasteiger partial charge is 0.299 e. The Morgan fingerprint density at radius 3 is 2.47 bits per heavy atom. The van der Waals surface area contributed by atoms with Gasteiger partial charge in [-0.2, -0.15) is 0 Å². The molecule has 0 heterocycles. The first-order valence-corrected chi connectivity index (χ1v) is 5.95. The van der Waals surface area contributed by atoms with E-state index >= 15 is 0 Å². The molecule has 0 amide bonds. The lowest BCUT2D eigenvalue weighted by Crippen LogP contribution is -2.34. The molecule has 1 saturated carbocycles. The maximum absolute atomic E-state index is 12.1. The number of carbonyl (C=O) groups is 1. The zero-order valence-corrected chi connectivity index (χ0v) is 8.96. The maximum atomic E-state index is 12.1. The minimum absolute atomic E-state index is 0.0746. The number of benzene rings is 1. The van der Waals surface area contributed by atoms with Crippen LogP contribution in [-0.2, 0) is 16.6 Å². The van der Waals surface area contributed by atoms with E-state index in [9.17, 15) is 4.79 Å².